The maximum absolute atomic E-state index is 11.7. The monoisotopic (exact) mass is 197 g/mol. The molecule has 0 heterocycles. The van der Waals surface area contributed by atoms with Crippen LogP contribution in [-0.2, 0) is 4.79 Å². The van der Waals surface area contributed by atoms with E-state index in [0.717, 1.165) is 0 Å². The van der Waals surface area contributed by atoms with Crippen molar-refractivity contribution < 1.29 is 4.79 Å². The van der Waals surface area contributed by atoms with Gasteiger partial charge in [-0.1, -0.05) is 33.8 Å². The summed E-state index contributed by atoms with van der Waals surface area (Å²) in [5.41, 5.74) is 5.78. The molecule has 0 amide bonds. The summed E-state index contributed by atoms with van der Waals surface area (Å²) in [4.78, 5) is 11.7. The van der Waals surface area contributed by atoms with Crippen LogP contribution in [0.2, 0.25) is 0 Å². The molecule has 0 aromatic carbocycles. The van der Waals surface area contributed by atoms with Crippen LogP contribution in [0, 0.1) is 17.8 Å². The van der Waals surface area contributed by atoms with E-state index in [1.807, 2.05) is 19.9 Å². The maximum Gasteiger partial charge on any atom is 0.150 e. The van der Waals surface area contributed by atoms with Crippen molar-refractivity contribution in [3.63, 3.8) is 0 Å². The van der Waals surface area contributed by atoms with Crippen molar-refractivity contribution in [2.45, 2.75) is 40.2 Å². The molecule has 0 aliphatic rings. The van der Waals surface area contributed by atoms with Crippen molar-refractivity contribution in [3.05, 3.63) is 12.7 Å². The molecule has 0 rings (SSSR count). The Hall–Kier alpha value is -0.630. The number of nitrogens with two attached hydrogens (primary N) is 1. The molecular weight excluding hydrogens is 174 g/mol. The number of allylic oxidation sites excluding steroid dienone is 1. The molecule has 1 unspecified atom stereocenters. The van der Waals surface area contributed by atoms with Gasteiger partial charge < -0.3 is 5.73 Å². The van der Waals surface area contributed by atoms with Crippen LogP contribution in [0.4, 0.5) is 0 Å². The van der Waals surface area contributed by atoms with Crippen molar-refractivity contribution in [3.8, 4) is 0 Å². The van der Waals surface area contributed by atoms with Gasteiger partial charge in [0.2, 0.25) is 0 Å². The molecule has 0 aromatic heterocycles. The first-order valence-electron chi connectivity index (χ1n) is 5.31. The highest BCUT2D eigenvalue weighted by molar-refractivity contribution is 5.84. The molecule has 2 nitrogen and oxygen atoms in total. The molecule has 2 heteroatoms. The second-order valence-electron chi connectivity index (χ2n) is 4.58. The van der Waals surface area contributed by atoms with Gasteiger partial charge in [-0.25, -0.2) is 0 Å². The van der Waals surface area contributed by atoms with E-state index >= 15 is 0 Å². The van der Waals surface area contributed by atoms with Gasteiger partial charge in [0.15, 0.2) is 0 Å². The smallest absolute Gasteiger partial charge is 0.150 e. The lowest BCUT2D eigenvalue weighted by Gasteiger charge is -2.20. The molecule has 0 aliphatic carbocycles. The Morgan fingerprint density at radius 2 is 1.79 bits per heavy atom. The molecule has 0 fully saturated rings. The summed E-state index contributed by atoms with van der Waals surface area (Å²) < 4.78 is 0. The number of rotatable bonds is 6. The first-order chi connectivity index (χ1) is 6.40. The largest absolute Gasteiger partial charge is 0.321 e. The molecular formula is C12H23NO. The van der Waals surface area contributed by atoms with Crippen LogP contribution < -0.4 is 5.73 Å². The molecule has 0 aliphatic heterocycles. The third-order valence-electron chi connectivity index (χ3n) is 2.69. The van der Waals surface area contributed by atoms with E-state index in [0.29, 0.717) is 12.3 Å². The van der Waals surface area contributed by atoms with Gasteiger partial charge >= 0.3 is 0 Å². The van der Waals surface area contributed by atoms with E-state index in [4.69, 9.17) is 5.73 Å². The maximum atomic E-state index is 11.7. The summed E-state index contributed by atoms with van der Waals surface area (Å²) >= 11 is 0. The number of carbonyl (C=O) groups excluding carboxylic acids is 1. The molecule has 14 heavy (non-hydrogen) atoms. The van der Waals surface area contributed by atoms with Crippen LogP contribution in [-0.4, -0.2) is 11.8 Å². The minimum atomic E-state index is -0.323. The van der Waals surface area contributed by atoms with Crippen molar-refractivity contribution in [2.24, 2.45) is 23.5 Å². The lowest BCUT2D eigenvalue weighted by Crippen LogP contribution is -2.36. The van der Waals surface area contributed by atoms with E-state index < -0.39 is 0 Å². The number of hydrogen-bond donors (Lipinski definition) is 1. The van der Waals surface area contributed by atoms with Crippen molar-refractivity contribution in [1.82, 2.24) is 0 Å². The third-order valence-corrected chi connectivity index (χ3v) is 2.69. The highest BCUT2D eigenvalue weighted by Crippen LogP contribution is 2.18. The molecule has 0 saturated heterocycles. The van der Waals surface area contributed by atoms with Gasteiger partial charge in [-0.15, -0.1) is 6.58 Å². The van der Waals surface area contributed by atoms with Gasteiger partial charge in [-0.05, 0) is 17.8 Å². The minimum absolute atomic E-state index is 0.151. The van der Waals surface area contributed by atoms with Crippen molar-refractivity contribution in [1.29, 1.82) is 0 Å². The molecule has 0 radical (unpaired) electrons. The van der Waals surface area contributed by atoms with Gasteiger partial charge in [0.1, 0.15) is 5.78 Å². The fourth-order valence-electron chi connectivity index (χ4n) is 1.33. The fraction of sp³-hybridized carbons (Fsp3) is 0.750. The normalized spacial score (nSPS) is 15.6. The molecule has 0 aromatic rings. The van der Waals surface area contributed by atoms with Gasteiger partial charge in [0.05, 0.1) is 6.04 Å². The minimum Gasteiger partial charge on any atom is -0.321 e. The van der Waals surface area contributed by atoms with Crippen LogP contribution in [0.5, 0.6) is 0 Å². The summed E-state index contributed by atoms with van der Waals surface area (Å²) in [5, 5.41) is 0. The van der Waals surface area contributed by atoms with Gasteiger partial charge in [-0.2, -0.15) is 0 Å². The molecule has 0 spiro atoms. The van der Waals surface area contributed by atoms with Crippen molar-refractivity contribution in [2.75, 3.05) is 0 Å². The summed E-state index contributed by atoms with van der Waals surface area (Å²) in [6.45, 7) is 11.9. The lowest BCUT2D eigenvalue weighted by atomic mass is 9.87. The average Bonchev–Trinajstić information content (AvgIpc) is 2.11. The Labute approximate surface area is 87.6 Å². The molecule has 0 saturated carbocycles. The molecule has 2 atom stereocenters. The Balaban J connectivity index is 4.22. The zero-order valence-corrected chi connectivity index (χ0v) is 9.79. The van der Waals surface area contributed by atoms with Crippen molar-refractivity contribution >= 4 is 5.78 Å². The summed E-state index contributed by atoms with van der Waals surface area (Å²) in [7, 11) is 0. The standard InChI is InChI=1S/C12H23NO/c1-6-10(8(2)3)7-11(14)12(13)9(4)5/h6,8-10,12H,1,7,13H2,2-5H3/t10?,12-/m0/s1. The molecule has 0 bridgehead atoms. The summed E-state index contributed by atoms with van der Waals surface area (Å²) in [6.07, 6.45) is 2.39. The zero-order valence-electron chi connectivity index (χ0n) is 9.79. The quantitative estimate of drug-likeness (QED) is 0.664. The highest BCUT2D eigenvalue weighted by Gasteiger charge is 2.21. The molecule has 82 valence electrons. The zero-order chi connectivity index (χ0) is 11.3. The van der Waals surface area contributed by atoms with Gasteiger partial charge in [0.25, 0.3) is 0 Å². The number of Topliss-reactive ketones (excluding diaryl/α,β-unsaturated/α-hetero) is 1. The Morgan fingerprint density at radius 1 is 1.29 bits per heavy atom. The fourth-order valence-corrected chi connectivity index (χ4v) is 1.33. The first-order valence-corrected chi connectivity index (χ1v) is 5.31. The second-order valence-corrected chi connectivity index (χ2v) is 4.58. The van der Waals surface area contributed by atoms with E-state index in [1.54, 1.807) is 0 Å². The van der Waals surface area contributed by atoms with Crippen LogP contribution in [0.25, 0.3) is 0 Å². The summed E-state index contributed by atoms with van der Waals surface area (Å²) in [6, 6.07) is -0.323. The Morgan fingerprint density at radius 3 is 2.07 bits per heavy atom. The van der Waals surface area contributed by atoms with E-state index in [-0.39, 0.29) is 23.7 Å². The number of hydrogen-bond acceptors (Lipinski definition) is 2. The predicted octanol–water partition coefficient (Wildman–Crippen LogP) is 2.39. The van der Waals surface area contributed by atoms with Crippen LogP contribution in [0.1, 0.15) is 34.1 Å². The van der Waals surface area contributed by atoms with Crippen LogP contribution >= 0.6 is 0 Å². The van der Waals surface area contributed by atoms with Gasteiger partial charge in [0, 0.05) is 6.42 Å². The number of carbonyl (C=O) groups is 1. The lowest BCUT2D eigenvalue weighted by molar-refractivity contribution is -0.122. The Kier molecular flexibility index (Phi) is 5.70. The Bertz CT molecular complexity index is 196. The number of ketones is 1. The van der Waals surface area contributed by atoms with E-state index in [1.165, 1.54) is 0 Å². The predicted molar refractivity (Wildman–Crippen MR) is 61.0 cm³/mol. The van der Waals surface area contributed by atoms with Gasteiger partial charge in [-0.3, -0.25) is 4.79 Å². The van der Waals surface area contributed by atoms with Crippen LogP contribution in [0.3, 0.4) is 0 Å². The van der Waals surface area contributed by atoms with E-state index in [2.05, 4.69) is 20.4 Å². The third kappa shape index (κ3) is 4.05. The highest BCUT2D eigenvalue weighted by atomic mass is 16.1. The molecule has 2 N–H and O–H groups in total. The topological polar surface area (TPSA) is 43.1 Å². The average molecular weight is 197 g/mol. The SMILES string of the molecule is C=CC(CC(=O)[C@@H](N)C(C)C)C(C)C. The first kappa shape index (κ1) is 13.4. The van der Waals surface area contributed by atoms with E-state index in [9.17, 15) is 4.79 Å². The summed E-state index contributed by atoms with van der Waals surface area (Å²) in [5.74, 6) is 1.09. The van der Waals surface area contributed by atoms with Crippen LogP contribution in [0.15, 0.2) is 12.7 Å². The second kappa shape index (κ2) is 5.97.